The Balaban J connectivity index is 1.16. The molecule has 0 atom stereocenters. The third-order valence-electron chi connectivity index (χ3n) is 5.20. The van der Waals surface area contributed by atoms with E-state index in [1.165, 1.54) is 0 Å². The molecule has 0 bridgehead atoms. The van der Waals surface area contributed by atoms with Crippen molar-refractivity contribution >= 4 is 40.5 Å². The van der Waals surface area contributed by atoms with Crippen molar-refractivity contribution in [2.24, 2.45) is 4.99 Å². The van der Waals surface area contributed by atoms with Crippen LogP contribution >= 0.6 is 23.4 Å². The number of thioether (sulfide) groups is 1. The first-order chi connectivity index (χ1) is 15.7. The number of amidine groups is 1. The average molecular weight is 471 g/mol. The second-order valence-electron chi connectivity index (χ2n) is 7.72. The number of nitrogens with zero attached hydrogens (tertiary/aromatic N) is 2. The summed E-state index contributed by atoms with van der Waals surface area (Å²) in [7, 11) is 0. The monoisotopic (exact) mass is 470 g/mol. The summed E-state index contributed by atoms with van der Waals surface area (Å²) in [6.45, 7) is 2.12. The Morgan fingerprint density at radius 2 is 1.72 bits per heavy atom. The van der Waals surface area contributed by atoms with E-state index in [9.17, 15) is 4.79 Å². The molecule has 2 aliphatic rings. The zero-order valence-corrected chi connectivity index (χ0v) is 19.5. The smallest absolute Gasteiger partial charge is 0.278 e. The predicted octanol–water partition coefficient (Wildman–Crippen LogP) is 6.03. The Kier molecular flexibility index (Phi) is 8.13. The molecule has 5 nitrogen and oxygen atoms in total. The van der Waals surface area contributed by atoms with Gasteiger partial charge in [-0.05, 0) is 74.1 Å². The van der Waals surface area contributed by atoms with Gasteiger partial charge in [0.05, 0.1) is 13.2 Å². The van der Waals surface area contributed by atoms with Gasteiger partial charge < -0.3 is 9.47 Å². The van der Waals surface area contributed by atoms with Gasteiger partial charge in [0.15, 0.2) is 5.17 Å². The summed E-state index contributed by atoms with van der Waals surface area (Å²) >= 11 is 7.61. The zero-order chi connectivity index (χ0) is 22.2. The third-order valence-corrected chi connectivity index (χ3v) is 6.50. The van der Waals surface area contributed by atoms with Crippen LogP contribution in [-0.2, 0) is 4.79 Å². The van der Waals surface area contributed by atoms with Gasteiger partial charge in [-0.1, -0.05) is 41.6 Å². The third kappa shape index (κ3) is 6.30. The molecular weight excluding hydrogens is 444 g/mol. The normalized spacial score (nSPS) is 16.8. The summed E-state index contributed by atoms with van der Waals surface area (Å²) in [6.07, 6.45) is 7.03. The summed E-state index contributed by atoms with van der Waals surface area (Å²) in [5, 5.41) is 1.52. The van der Waals surface area contributed by atoms with E-state index in [0.29, 0.717) is 23.9 Å². The topological polar surface area (TPSA) is 51.1 Å². The first kappa shape index (κ1) is 22.7. The fourth-order valence-electron chi connectivity index (χ4n) is 3.57. The van der Waals surface area contributed by atoms with Crippen molar-refractivity contribution < 1.29 is 14.3 Å². The number of carbonyl (C=O) groups excluding carboxylic acids is 1. The highest BCUT2D eigenvalue weighted by atomic mass is 35.5. The van der Waals surface area contributed by atoms with Crippen molar-refractivity contribution in [2.75, 3.05) is 25.5 Å². The molecule has 1 amide bonds. The van der Waals surface area contributed by atoms with Crippen molar-refractivity contribution in [2.45, 2.75) is 32.1 Å². The number of benzene rings is 2. The number of carbonyl (C=O) groups is 1. The summed E-state index contributed by atoms with van der Waals surface area (Å²) in [5.74, 6) is 2.65. The van der Waals surface area contributed by atoms with E-state index in [-0.39, 0.29) is 5.91 Å². The number of hydrogen-bond acceptors (Lipinski definition) is 5. The van der Waals surface area contributed by atoms with Crippen LogP contribution in [0.3, 0.4) is 0 Å². The van der Waals surface area contributed by atoms with Gasteiger partial charge in [-0.2, -0.15) is 0 Å². The number of hydrogen-bond donors (Lipinski definition) is 0. The van der Waals surface area contributed by atoms with Gasteiger partial charge in [0.2, 0.25) is 0 Å². The molecule has 7 heteroatoms. The molecule has 0 unspecified atom stereocenters. The molecule has 1 fully saturated rings. The molecular formula is C25H27ClN2O3S. The lowest BCUT2D eigenvalue weighted by Crippen LogP contribution is -2.34. The minimum Gasteiger partial charge on any atom is -0.494 e. The average Bonchev–Trinajstić information content (AvgIpc) is 3.11. The lowest BCUT2D eigenvalue weighted by molar-refractivity contribution is -0.122. The minimum absolute atomic E-state index is 0.00198. The summed E-state index contributed by atoms with van der Waals surface area (Å²) < 4.78 is 11.6. The molecule has 0 saturated carbocycles. The van der Waals surface area contributed by atoms with Crippen LogP contribution in [0, 0.1) is 0 Å². The van der Waals surface area contributed by atoms with Gasteiger partial charge in [-0.15, -0.1) is 0 Å². The van der Waals surface area contributed by atoms with Gasteiger partial charge in [0.25, 0.3) is 5.91 Å². The number of aliphatic imine (C=N–C) groups is 1. The highest BCUT2D eigenvalue weighted by molar-refractivity contribution is 8.13. The van der Waals surface area contributed by atoms with E-state index in [1.54, 1.807) is 16.7 Å². The summed E-state index contributed by atoms with van der Waals surface area (Å²) in [5.41, 5.74) is 1.43. The predicted molar refractivity (Wildman–Crippen MR) is 132 cm³/mol. The van der Waals surface area contributed by atoms with Crippen LogP contribution in [-0.4, -0.2) is 41.5 Å². The number of unbranched alkanes of at least 4 members (excludes halogenated alkanes) is 3. The van der Waals surface area contributed by atoms with Crippen LogP contribution in [0.25, 0.3) is 6.08 Å². The number of halogens is 1. The Hall–Kier alpha value is -2.44. The fourth-order valence-corrected chi connectivity index (χ4v) is 4.70. The maximum absolute atomic E-state index is 12.5. The molecule has 4 rings (SSSR count). The first-order valence-corrected chi connectivity index (χ1v) is 12.4. The quantitative estimate of drug-likeness (QED) is 0.314. The number of amides is 1. The Morgan fingerprint density at radius 1 is 1.00 bits per heavy atom. The maximum Gasteiger partial charge on any atom is 0.278 e. The lowest BCUT2D eigenvalue weighted by Gasteiger charge is -2.21. The first-order valence-electron chi connectivity index (χ1n) is 11.1. The maximum atomic E-state index is 12.5. The van der Waals surface area contributed by atoms with E-state index in [2.05, 4.69) is 4.99 Å². The second kappa shape index (κ2) is 11.4. The molecule has 2 aromatic rings. The number of fused-ring (bicyclic) bond motifs is 1. The molecule has 0 N–H and O–H groups in total. The van der Waals surface area contributed by atoms with Crippen LogP contribution in [0.4, 0.5) is 0 Å². The minimum atomic E-state index is -0.00198. The molecule has 2 aliphatic heterocycles. The Labute approximate surface area is 198 Å². The van der Waals surface area contributed by atoms with Crippen molar-refractivity contribution in [3.8, 4) is 11.5 Å². The standard InChI is InChI=1S/C25H27ClN2O3S/c26-20-9-6-11-22(18-20)31-14-4-2-1-3-13-30-21-10-5-8-19(16-21)17-23-24(29)28-12-7-15-32-25(28)27-23/h5-6,8-11,16-18H,1-4,7,12-15H2/b23-17-. The molecule has 0 radical (unpaired) electrons. The van der Waals surface area contributed by atoms with E-state index < -0.39 is 0 Å². The largest absolute Gasteiger partial charge is 0.494 e. The number of ether oxygens (including phenoxy) is 2. The Morgan fingerprint density at radius 3 is 2.44 bits per heavy atom. The highest BCUT2D eigenvalue weighted by Crippen LogP contribution is 2.28. The van der Waals surface area contributed by atoms with Crippen molar-refractivity contribution in [3.63, 3.8) is 0 Å². The van der Waals surface area contributed by atoms with Gasteiger partial charge in [-0.3, -0.25) is 9.69 Å². The van der Waals surface area contributed by atoms with E-state index >= 15 is 0 Å². The Bertz CT molecular complexity index is 1010. The van der Waals surface area contributed by atoms with Gasteiger partial charge in [0, 0.05) is 17.3 Å². The van der Waals surface area contributed by atoms with Gasteiger partial charge in [-0.25, -0.2) is 4.99 Å². The lowest BCUT2D eigenvalue weighted by atomic mass is 10.1. The molecule has 0 spiro atoms. The van der Waals surface area contributed by atoms with Crippen LogP contribution in [0.15, 0.2) is 59.2 Å². The summed E-state index contributed by atoms with van der Waals surface area (Å²) in [6, 6.07) is 15.3. The van der Waals surface area contributed by atoms with Crippen LogP contribution in [0.1, 0.15) is 37.7 Å². The van der Waals surface area contributed by atoms with Crippen molar-refractivity contribution in [1.29, 1.82) is 0 Å². The zero-order valence-electron chi connectivity index (χ0n) is 18.0. The second-order valence-corrected chi connectivity index (χ2v) is 9.22. The molecule has 0 aliphatic carbocycles. The van der Waals surface area contributed by atoms with Gasteiger partial charge in [0.1, 0.15) is 17.2 Å². The van der Waals surface area contributed by atoms with Crippen LogP contribution in [0.2, 0.25) is 5.02 Å². The van der Waals surface area contributed by atoms with Crippen LogP contribution < -0.4 is 9.47 Å². The number of rotatable bonds is 10. The molecule has 0 aromatic heterocycles. The van der Waals surface area contributed by atoms with Crippen molar-refractivity contribution in [3.05, 3.63) is 64.8 Å². The van der Waals surface area contributed by atoms with Crippen LogP contribution in [0.5, 0.6) is 11.5 Å². The molecule has 2 heterocycles. The molecule has 32 heavy (non-hydrogen) atoms. The van der Waals surface area contributed by atoms with E-state index in [1.807, 2.05) is 54.6 Å². The molecule has 2 aromatic carbocycles. The molecule has 1 saturated heterocycles. The highest BCUT2D eigenvalue weighted by Gasteiger charge is 2.32. The fraction of sp³-hybridized carbons (Fsp3) is 0.360. The van der Waals surface area contributed by atoms with E-state index in [0.717, 1.165) is 66.6 Å². The van der Waals surface area contributed by atoms with E-state index in [4.69, 9.17) is 21.1 Å². The SMILES string of the molecule is O=C1/C(=C/c2cccc(OCCCCCCOc3cccc(Cl)c3)c2)N=C2SCCCN12. The van der Waals surface area contributed by atoms with Crippen molar-refractivity contribution in [1.82, 2.24) is 4.90 Å². The summed E-state index contributed by atoms with van der Waals surface area (Å²) in [4.78, 5) is 18.8. The van der Waals surface area contributed by atoms with Gasteiger partial charge >= 0.3 is 0 Å². The molecule has 168 valence electrons.